The van der Waals surface area contributed by atoms with Crippen LogP contribution in [0.15, 0.2) is 30.6 Å². The lowest BCUT2D eigenvalue weighted by Gasteiger charge is -2.29. The Balaban J connectivity index is 1.51. The van der Waals surface area contributed by atoms with Gasteiger partial charge >= 0.3 is 0 Å². The van der Waals surface area contributed by atoms with E-state index in [2.05, 4.69) is 20.2 Å². The van der Waals surface area contributed by atoms with Gasteiger partial charge in [0.2, 0.25) is 5.95 Å². The van der Waals surface area contributed by atoms with Crippen LogP contribution in [0.4, 0.5) is 11.8 Å². The molecule has 1 aliphatic carbocycles. The minimum absolute atomic E-state index is 0.127. The van der Waals surface area contributed by atoms with Crippen molar-refractivity contribution in [1.82, 2.24) is 20.3 Å². The highest BCUT2D eigenvalue weighted by molar-refractivity contribution is 5.93. The van der Waals surface area contributed by atoms with E-state index in [1.807, 2.05) is 24.1 Å². The summed E-state index contributed by atoms with van der Waals surface area (Å²) in [5.41, 5.74) is 1.63. The Kier molecular flexibility index (Phi) is 6.19. The second-order valence-corrected chi connectivity index (χ2v) is 7.69. The Hall–Kier alpha value is -2.74. The molecule has 2 aromatic heterocycles. The SMILES string of the molecule is CN(CCc1ccncc1)c1nc(C(=O)NCC2CC2)cc(N2CCOCC2)n1. The molecule has 29 heavy (non-hydrogen) atoms. The Morgan fingerprint density at radius 1 is 1.24 bits per heavy atom. The number of pyridine rings is 1. The number of hydrogen-bond acceptors (Lipinski definition) is 7. The molecule has 0 bridgehead atoms. The van der Waals surface area contributed by atoms with Crippen LogP contribution >= 0.6 is 0 Å². The van der Waals surface area contributed by atoms with Gasteiger partial charge in [0.25, 0.3) is 5.91 Å². The average molecular weight is 396 g/mol. The summed E-state index contributed by atoms with van der Waals surface area (Å²) in [5.74, 6) is 1.85. The van der Waals surface area contributed by atoms with Crippen molar-refractivity contribution >= 4 is 17.7 Å². The van der Waals surface area contributed by atoms with Crippen molar-refractivity contribution in [2.24, 2.45) is 5.92 Å². The van der Waals surface area contributed by atoms with E-state index >= 15 is 0 Å². The first-order valence-electron chi connectivity index (χ1n) is 10.3. The maximum Gasteiger partial charge on any atom is 0.270 e. The molecule has 0 aromatic carbocycles. The lowest BCUT2D eigenvalue weighted by Crippen LogP contribution is -2.37. The lowest BCUT2D eigenvalue weighted by molar-refractivity contribution is 0.0946. The molecular weight excluding hydrogens is 368 g/mol. The molecule has 4 rings (SSSR count). The largest absolute Gasteiger partial charge is 0.378 e. The summed E-state index contributed by atoms with van der Waals surface area (Å²) in [4.78, 5) is 30.2. The first kappa shape index (κ1) is 19.6. The van der Waals surface area contributed by atoms with E-state index in [-0.39, 0.29) is 5.91 Å². The Bertz CT molecular complexity index is 821. The van der Waals surface area contributed by atoms with Crippen LogP contribution in [0.2, 0.25) is 0 Å². The summed E-state index contributed by atoms with van der Waals surface area (Å²) in [5, 5.41) is 3.02. The average Bonchev–Trinajstić information content (AvgIpc) is 3.61. The van der Waals surface area contributed by atoms with Crippen LogP contribution in [0.5, 0.6) is 0 Å². The molecule has 1 saturated carbocycles. The maximum absolute atomic E-state index is 12.7. The molecule has 1 N–H and O–H groups in total. The molecule has 1 amide bonds. The molecule has 2 fully saturated rings. The quantitative estimate of drug-likeness (QED) is 0.724. The van der Waals surface area contributed by atoms with Crippen LogP contribution in [0.25, 0.3) is 0 Å². The summed E-state index contributed by atoms with van der Waals surface area (Å²) in [6.07, 6.45) is 6.85. The van der Waals surface area contributed by atoms with Gasteiger partial charge in [-0.05, 0) is 42.9 Å². The van der Waals surface area contributed by atoms with Crippen molar-refractivity contribution in [1.29, 1.82) is 0 Å². The van der Waals surface area contributed by atoms with Crippen molar-refractivity contribution < 1.29 is 9.53 Å². The number of anilines is 2. The number of nitrogens with one attached hydrogen (secondary N) is 1. The molecule has 3 heterocycles. The monoisotopic (exact) mass is 396 g/mol. The van der Waals surface area contributed by atoms with Gasteiger partial charge in [-0.2, -0.15) is 4.98 Å². The number of ether oxygens (including phenoxy) is 1. The number of carbonyl (C=O) groups excluding carboxylic acids is 1. The van der Waals surface area contributed by atoms with Crippen LogP contribution in [0.1, 0.15) is 28.9 Å². The fourth-order valence-corrected chi connectivity index (χ4v) is 3.26. The highest BCUT2D eigenvalue weighted by atomic mass is 16.5. The van der Waals surface area contributed by atoms with Gasteiger partial charge in [0, 0.05) is 51.7 Å². The molecular formula is C21H28N6O2. The molecule has 154 valence electrons. The summed E-state index contributed by atoms with van der Waals surface area (Å²) in [6, 6.07) is 5.82. The van der Waals surface area contributed by atoms with Gasteiger partial charge in [0.1, 0.15) is 11.5 Å². The van der Waals surface area contributed by atoms with Gasteiger partial charge in [-0.3, -0.25) is 9.78 Å². The van der Waals surface area contributed by atoms with Gasteiger partial charge in [-0.15, -0.1) is 0 Å². The fraction of sp³-hybridized carbons (Fsp3) is 0.524. The van der Waals surface area contributed by atoms with Crippen molar-refractivity contribution in [3.8, 4) is 0 Å². The van der Waals surface area contributed by atoms with Gasteiger partial charge in [0.15, 0.2) is 0 Å². The van der Waals surface area contributed by atoms with Crippen LogP contribution < -0.4 is 15.1 Å². The summed E-state index contributed by atoms with van der Waals surface area (Å²) >= 11 is 0. The van der Waals surface area contributed by atoms with E-state index in [9.17, 15) is 4.79 Å². The van der Waals surface area contributed by atoms with Crippen LogP contribution in [-0.2, 0) is 11.2 Å². The third-order valence-electron chi connectivity index (χ3n) is 5.34. The molecule has 0 radical (unpaired) electrons. The Labute approximate surface area is 171 Å². The summed E-state index contributed by atoms with van der Waals surface area (Å²) < 4.78 is 5.46. The van der Waals surface area contributed by atoms with E-state index in [0.717, 1.165) is 38.4 Å². The van der Waals surface area contributed by atoms with Crippen molar-refractivity contribution in [3.05, 3.63) is 41.9 Å². The number of likely N-dealkylation sites (N-methyl/N-ethyl adjacent to an activating group) is 1. The lowest BCUT2D eigenvalue weighted by atomic mass is 10.2. The molecule has 0 spiro atoms. The Morgan fingerprint density at radius 3 is 2.72 bits per heavy atom. The number of rotatable bonds is 8. The molecule has 8 nitrogen and oxygen atoms in total. The third kappa shape index (κ3) is 5.41. The summed E-state index contributed by atoms with van der Waals surface area (Å²) in [7, 11) is 1.96. The number of hydrogen-bond donors (Lipinski definition) is 1. The van der Waals surface area contributed by atoms with Crippen LogP contribution in [-0.4, -0.2) is 67.3 Å². The number of aromatic nitrogens is 3. The normalized spacial score (nSPS) is 16.5. The fourth-order valence-electron chi connectivity index (χ4n) is 3.26. The van der Waals surface area contributed by atoms with E-state index in [1.54, 1.807) is 18.5 Å². The first-order valence-corrected chi connectivity index (χ1v) is 10.3. The molecule has 1 aliphatic heterocycles. The predicted octanol–water partition coefficient (Wildman–Crippen LogP) is 1.53. The minimum Gasteiger partial charge on any atom is -0.378 e. The van der Waals surface area contributed by atoms with Gasteiger partial charge in [-0.25, -0.2) is 4.98 Å². The van der Waals surface area contributed by atoms with Gasteiger partial charge in [-0.1, -0.05) is 0 Å². The molecule has 0 atom stereocenters. The van der Waals surface area contributed by atoms with Crippen molar-refractivity contribution in [3.63, 3.8) is 0 Å². The molecule has 1 saturated heterocycles. The minimum atomic E-state index is -0.127. The molecule has 0 unspecified atom stereocenters. The van der Waals surface area contributed by atoms with Crippen LogP contribution in [0, 0.1) is 5.92 Å². The Morgan fingerprint density at radius 2 is 2.00 bits per heavy atom. The summed E-state index contributed by atoms with van der Waals surface area (Å²) in [6.45, 7) is 4.34. The van der Waals surface area contributed by atoms with E-state index in [1.165, 1.54) is 18.4 Å². The smallest absolute Gasteiger partial charge is 0.270 e. The number of amides is 1. The van der Waals surface area contributed by atoms with Crippen LogP contribution in [0.3, 0.4) is 0 Å². The van der Waals surface area contributed by atoms with E-state index < -0.39 is 0 Å². The van der Waals surface area contributed by atoms with E-state index in [4.69, 9.17) is 9.72 Å². The highest BCUT2D eigenvalue weighted by Crippen LogP contribution is 2.27. The third-order valence-corrected chi connectivity index (χ3v) is 5.34. The molecule has 8 heteroatoms. The second-order valence-electron chi connectivity index (χ2n) is 7.69. The zero-order valence-electron chi connectivity index (χ0n) is 16.9. The zero-order chi connectivity index (χ0) is 20.1. The number of morpholine rings is 1. The van der Waals surface area contributed by atoms with E-state index in [0.29, 0.717) is 30.8 Å². The predicted molar refractivity (Wildman–Crippen MR) is 111 cm³/mol. The standard InChI is InChI=1S/C21H28N6O2/c1-26(9-6-16-4-7-22-8-5-16)21-24-18(20(28)23-15-17-2-3-17)14-19(25-21)27-10-12-29-13-11-27/h4-5,7-8,14,17H,2-3,6,9-13,15H2,1H3,(H,23,28). The maximum atomic E-state index is 12.7. The van der Waals surface area contributed by atoms with Gasteiger partial charge in [0.05, 0.1) is 13.2 Å². The first-order chi connectivity index (χ1) is 14.2. The second kappa shape index (κ2) is 9.17. The van der Waals surface area contributed by atoms with Crippen molar-refractivity contribution in [2.45, 2.75) is 19.3 Å². The topological polar surface area (TPSA) is 83.5 Å². The molecule has 2 aliphatic rings. The van der Waals surface area contributed by atoms with Gasteiger partial charge < -0.3 is 19.9 Å². The number of carbonyl (C=O) groups is 1. The highest BCUT2D eigenvalue weighted by Gasteiger charge is 2.23. The van der Waals surface area contributed by atoms with Crippen molar-refractivity contribution in [2.75, 3.05) is 56.2 Å². The number of nitrogens with zero attached hydrogens (tertiary/aromatic N) is 5. The zero-order valence-corrected chi connectivity index (χ0v) is 16.9. The molecule has 2 aromatic rings.